The third kappa shape index (κ3) is 3.19. The predicted octanol–water partition coefficient (Wildman–Crippen LogP) is 2.65. The van der Waals surface area contributed by atoms with E-state index in [4.69, 9.17) is 4.84 Å². The number of benzene rings is 1. The van der Waals surface area contributed by atoms with E-state index < -0.39 is 0 Å². The number of nitrogens with one attached hydrogen (secondary N) is 3. The zero-order valence-corrected chi connectivity index (χ0v) is 11.9. The molecule has 5 nitrogen and oxygen atoms in total. The molecular weight excluding hydrogens is 254 g/mol. The quantitative estimate of drug-likeness (QED) is 0.739. The fourth-order valence-electron chi connectivity index (χ4n) is 2.03. The Bertz CT molecular complexity index is 564. The molecule has 1 unspecified atom stereocenters. The largest absolute Gasteiger partial charge is 0.328 e. The van der Waals surface area contributed by atoms with Gasteiger partial charge >= 0.3 is 6.03 Å². The van der Waals surface area contributed by atoms with E-state index in [0.717, 1.165) is 22.5 Å². The van der Waals surface area contributed by atoms with Gasteiger partial charge in [0.2, 0.25) is 0 Å². The van der Waals surface area contributed by atoms with Gasteiger partial charge in [0.25, 0.3) is 0 Å². The summed E-state index contributed by atoms with van der Waals surface area (Å²) in [7, 11) is 1.57. The number of allylic oxidation sites excluding steroid dienone is 1. The van der Waals surface area contributed by atoms with Gasteiger partial charge in [0, 0.05) is 5.70 Å². The van der Waals surface area contributed by atoms with Crippen molar-refractivity contribution in [2.45, 2.75) is 19.9 Å². The van der Waals surface area contributed by atoms with Crippen LogP contribution in [0.5, 0.6) is 0 Å². The molecule has 2 rings (SSSR count). The number of amides is 2. The lowest BCUT2D eigenvalue weighted by Gasteiger charge is -2.24. The maximum atomic E-state index is 11.5. The van der Waals surface area contributed by atoms with Crippen LogP contribution in [0.2, 0.25) is 0 Å². The number of carbonyl (C=O) groups is 1. The first-order valence-corrected chi connectivity index (χ1v) is 6.43. The van der Waals surface area contributed by atoms with Gasteiger partial charge in [0.05, 0.1) is 18.8 Å². The van der Waals surface area contributed by atoms with Crippen molar-refractivity contribution in [3.05, 3.63) is 47.2 Å². The van der Waals surface area contributed by atoms with Gasteiger partial charge in [-0.1, -0.05) is 30.4 Å². The minimum absolute atomic E-state index is 0.0978. The molecule has 0 aliphatic carbocycles. The van der Waals surface area contributed by atoms with Gasteiger partial charge in [0.1, 0.15) is 0 Å². The van der Waals surface area contributed by atoms with E-state index in [-0.39, 0.29) is 12.1 Å². The number of hydrogen-bond donors (Lipinski definition) is 3. The molecule has 0 bridgehead atoms. The predicted molar refractivity (Wildman–Crippen MR) is 79.9 cm³/mol. The van der Waals surface area contributed by atoms with Crippen molar-refractivity contribution in [2.75, 3.05) is 12.6 Å². The van der Waals surface area contributed by atoms with Crippen molar-refractivity contribution in [2.24, 2.45) is 0 Å². The van der Waals surface area contributed by atoms with Gasteiger partial charge in [-0.05, 0) is 31.1 Å². The Morgan fingerprint density at radius 3 is 2.80 bits per heavy atom. The van der Waals surface area contributed by atoms with Crippen molar-refractivity contribution in [1.82, 2.24) is 10.6 Å². The van der Waals surface area contributed by atoms with E-state index >= 15 is 0 Å². The molecule has 5 heteroatoms. The number of urea groups is 1. The lowest BCUT2D eigenvalue weighted by atomic mass is 10.0. The SMILES string of the molecule is CONc1ccccc1/C=C/C1NC(=O)NC(C)=C1C. The van der Waals surface area contributed by atoms with Crippen LogP contribution in [0.25, 0.3) is 6.08 Å². The van der Waals surface area contributed by atoms with Gasteiger partial charge in [-0.3, -0.25) is 10.3 Å². The zero-order valence-electron chi connectivity index (χ0n) is 11.9. The van der Waals surface area contributed by atoms with Crippen LogP contribution in [0.4, 0.5) is 10.5 Å². The number of carbonyl (C=O) groups excluding carboxylic acids is 1. The average Bonchev–Trinajstić information content (AvgIpc) is 2.43. The van der Waals surface area contributed by atoms with Crippen LogP contribution in [0.3, 0.4) is 0 Å². The Kier molecular flexibility index (Phi) is 4.42. The first-order chi connectivity index (χ1) is 9.61. The third-order valence-electron chi connectivity index (χ3n) is 3.29. The Morgan fingerprint density at radius 2 is 2.05 bits per heavy atom. The maximum Gasteiger partial charge on any atom is 0.319 e. The van der Waals surface area contributed by atoms with Crippen molar-refractivity contribution in [3.8, 4) is 0 Å². The van der Waals surface area contributed by atoms with Crippen molar-refractivity contribution < 1.29 is 9.63 Å². The highest BCUT2D eigenvalue weighted by molar-refractivity contribution is 5.79. The zero-order chi connectivity index (χ0) is 14.5. The average molecular weight is 273 g/mol. The van der Waals surface area contributed by atoms with Crippen LogP contribution in [0.15, 0.2) is 41.6 Å². The summed E-state index contributed by atoms with van der Waals surface area (Å²) < 4.78 is 0. The molecule has 0 fully saturated rings. The molecule has 0 spiro atoms. The smallest absolute Gasteiger partial charge is 0.319 e. The maximum absolute atomic E-state index is 11.5. The summed E-state index contributed by atoms with van der Waals surface area (Å²) in [6.45, 7) is 3.89. The van der Waals surface area contributed by atoms with Crippen LogP contribution in [-0.2, 0) is 4.84 Å². The number of hydrogen-bond acceptors (Lipinski definition) is 3. The minimum Gasteiger partial charge on any atom is -0.328 e. The van der Waals surface area contributed by atoms with E-state index in [1.54, 1.807) is 7.11 Å². The van der Waals surface area contributed by atoms with Crippen LogP contribution in [-0.4, -0.2) is 19.2 Å². The highest BCUT2D eigenvalue weighted by atomic mass is 16.6. The third-order valence-corrected chi connectivity index (χ3v) is 3.29. The molecule has 1 heterocycles. The summed E-state index contributed by atoms with van der Waals surface area (Å²) in [6.07, 6.45) is 3.93. The standard InChI is InChI=1S/C15H19N3O2/c1-10-11(2)16-15(19)17-13(10)9-8-12-6-4-5-7-14(12)18-20-3/h4-9,13,18H,1-3H3,(H2,16,17,19)/b9-8+. The molecule has 3 N–H and O–H groups in total. The summed E-state index contributed by atoms with van der Waals surface area (Å²) in [6, 6.07) is 7.52. The van der Waals surface area contributed by atoms with Gasteiger partial charge in [-0.15, -0.1) is 0 Å². The van der Waals surface area contributed by atoms with Gasteiger partial charge in [-0.25, -0.2) is 4.79 Å². The molecular formula is C15H19N3O2. The van der Waals surface area contributed by atoms with E-state index in [0.29, 0.717) is 0 Å². The van der Waals surface area contributed by atoms with Gasteiger partial charge in [0.15, 0.2) is 0 Å². The molecule has 0 saturated carbocycles. The second kappa shape index (κ2) is 6.25. The van der Waals surface area contributed by atoms with Crippen molar-refractivity contribution in [3.63, 3.8) is 0 Å². The summed E-state index contributed by atoms with van der Waals surface area (Å²) in [5.74, 6) is 0. The molecule has 106 valence electrons. The number of anilines is 1. The number of rotatable bonds is 4. The van der Waals surface area contributed by atoms with Crippen LogP contribution in [0.1, 0.15) is 19.4 Å². The monoisotopic (exact) mass is 273 g/mol. The van der Waals surface area contributed by atoms with E-state index in [2.05, 4.69) is 16.1 Å². The Hall–Kier alpha value is -2.27. The summed E-state index contributed by atoms with van der Waals surface area (Å²) in [5.41, 5.74) is 6.69. The molecule has 1 aromatic rings. The molecule has 2 amide bonds. The molecule has 1 aliphatic heterocycles. The highest BCUT2D eigenvalue weighted by Gasteiger charge is 2.19. The van der Waals surface area contributed by atoms with Crippen LogP contribution in [0, 0.1) is 0 Å². The topological polar surface area (TPSA) is 62.4 Å². The summed E-state index contributed by atoms with van der Waals surface area (Å²) >= 11 is 0. The fourth-order valence-corrected chi connectivity index (χ4v) is 2.03. The van der Waals surface area contributed by atoms with Crippen LogP contribution < -0.4 is 16.1 Å². The van der Waals surface area contributed by atoms with E-state index in [1.165, 1.54) is 0 Å². The molecule has 1 atom stereocenters. The van der Waals surface area contributed by atoms with Crippen LogP contribution >= 0.6 is 0 Å². The summed E-state index contributed by atoms with van der Waals surface area (Å²) in [4.78, 5) is 16.4. The summed E-state index contributed by atoms with van der Waals surface area (Å²) in [5, 5.41) is 5.62. The lowest BCUT2D eigenvalue weighted by molar-refractivity contribution is 0.240. The van der Waals surface area contributed by atoms with Crippen molar-refractivity contribution >= 4 is 17.8 Å². The van der Waals surface area contributed by atoms with E-state index in [1.807, 2.05) is 50.3 Å². The molecule has 0 saturated heterocycles. The lowest BCUT2D eigenvalue weighted by Crippen LogP contribution is -2.46. The molecule has 1 aliphatic rings. The first-order valence-electron chi connectivity index (χ1n) is 6.43. The Labute approximate surface area is 118 Å². The van der Waals surface area contributed by atoms with Crippen molar-refractivity contribution in [1.29, 1.82) is 0 Å². The normalized spacial score (nSPS) is 18.9. The Balaban J connectivity index is 2.21. The Morgan fingerprint density at radius 1 is 1.30 bits per heavy atom. The second-order valence-electron chi connectivity index (χ2n) is 4.64. The molecule has 1 aromatic carbocycles. The fraction of sp³-hybridized carbons (Fsp3) is 0.267. The second-order valence-corrected chi connectivity index (χ2v) is 4.64. The van der Waals surface area contributed by atoms with Gasteiger partial charge < -0.3 is 10.6 Å². The molecule has 20 heavy (non-hydrogen) atoms. The molecule has 0 radical (unpaired) electrons. The highest BCUT2D eigenvalue weighted by Crippen LogP contribution is 2.19. The molecule has 0 aromatic heterocycles. The van der Waals surface area contributed by atoms with E-state index in [9.17, 15) is 4.79 Å². The van der Waals surface area contributed by atoms with Gasteiger partial charge in [-0.2, -0.15) is 0 Å². The minimum atomic E-state index is -0.175. The number of para-hydroxylation sites is 1. The first kappa shape index (κ1) is 14.1.